The number of aromatic nitrogens is 1. The zero-order valence-electron chi connectivity index (χ0n) is 17.7. The molecule has 1 amide bonds. The molecule has 3 heterocycles. The molecule has 0 atom stereocenters. The Balaban J connectivity index is 1.48. The Morgan fingerprint density at radius 2 is 1.97 bits per heavy atom. The fraction of sp³-hybridized carbons (Fsp3) is 0.240. The first kappa shape index (κ1) is 22.3. The number of halogens is 2. The standard InChI is InChI=1S/C25H21Cl2N3O2S/c26-17-6-4-5-16(13-17)22-10-9-19(32-22)14-23-24(31)30(18-7-2-1-3-8-18)25(33-23)29-21-11-12-28-15-20(21)27/h4-6,9-15,18H,1-3,7-8H2/b23-14+,29-25?. The molecule has 1 aliphatic carbocycles. The summed E-state index contributed by atoms with van der Waals surface area (Å²) in [7, 11) is 0. The predicted molar refractivity (Wildman–Crippen MR) is 135 cm³/mol. The Hall–Kier alpha value is -2.54. The molecule has 3 aromatic rings. The second kappa shape index (κ2) is 9.75. The zero-order chi connectivity index (χ0) is 22.8. The number of thioether (sulfide) groups is 1. The first-order valence-corrected chi connectivity index (χ1v) is 12.4. The zero-order valence-corrected chi connectivity index (χ0v) is 20.0. The minimum absolute atomic E-state index is 0.0449. The number of amides is 1. The summed E-state index contributed by atoms with van der Waals surface area (Å²) in [6.45, 7) is 0. The third kappa shape index (κ3) is 4.88. The van der Waals surface area contributed by atoms with Crippen molar-refractivity contribution in [3.8, 4) is 11.3 Å². The lowest BCUT2D eigenvalue weighted by atomic mass is 9.94. The normalized spacial score (nSPS) is 19.7. The number of nitrogens with zero attached hydrogens (tertiary/aromatic N) is 3. The van der Waals surface area contributed by atoms with Gasteiger partial charge in [0.15, 0.2) is 5.17 Å². The maximum Gasteiger partial charge on any atom is 0.267 e. The fourth-order valence-electron chi connectivity index (χ4n) is 4.14. The van der Waals surface area contributed by atoms with E-state index in [1.54, 1.807) is 24.5 Å². The van der Waals surface area contributed by atoms with E-state index in [-0.39, 0.29) is 11.9 Å². The monoisotopic (exact) mass is 497 g/mol. The van der Waals surface area contributed by atoms with Crippen LogP contribution < -0.4 is 0 Å². The van der Waals surface area contributed by atoms with Crippen molar-refractivity contribution in [1.29, 1.82) is 0 Å². The molecule has 2 aliphatic rings. The van der Waals surface area contributed by atoms with Gasteiger partial charge in [-0.25, -0.2) is 4.99 Å². The molecule has 0 radical (unpaired) electrons. The molecule has 1 saturated carbocycles. The Morgan fingerprint density at radius 1 is 1.12 bits per heavy atom. The van der Waals surface area contributed by atoms with Crippen LogP contribution in [-0.4, -0.2) is 27.0 Å². The van der Waals surface area contributed by atoms with Crippen LogP contribution in [-0.2, 0) is 4.79 Å². The number of carbonyl (C=O) groups excluding carboxylic acids is 1. The molecule has 1 aromatic carbocycles. The van der Waals surface area contributed by atoms with Crippen LogP contribution >= 0.6 is 35.0 Å². The summed E-state index contributed by atoms with van der Waals surface area (Å²) in [5.74, 6) is 1.26. The highest BCUT2D eigenvalue weighted by atomic mass is 35.5. The van der Waals surface area contributed by atoms with E-state index in [2.05, 4.69) is 4.98 Å². The summed E-state index contributed by atoms with van der Waals surface area (Å²) in [5.41, 5.74) is 1.49. The Kier molecular flexibility index (Phi) is 6.58. The van der Waals surface area contributed by atoms with E-state index in [0.717, 1.165) is 31.2 Å². The molecule has 0 bridgehead atoms. The van der Waals surface area contributed by atoms with Crippen LogP contribution in [0.4, 0.5) is 5.69 Å². The molecular weight excluding hydrogens is 477 g/mol. The quantitative estimate of drug-likeness (QED) is 0.348. The van der Waals surface area contributed by atoms with Crippen molar-refractivity contribution in [3.63, 3.8) is 0 Å². The second-order valence-electron chi connectivity index (χ2n) is 8.01. The molecule has 1 aliphatic heterocycles. The summed E-state index contributed by atoms with van der Waals surface area (Å²) >= 11 is 13.8. The lowest BCUT2D eigenvalue weighted by Gasteiger charge is -2.30. The number of furan rings is 1. The summed E-state index contributed by atoms with van der Waals surface area (Å²) in [6.07, 6.45) is 10.4. The van der Waals surface area contributed by atoms with Crippen LogP contribution in [0.15, 0.2) is 69.2 Å². The van der Waals surface area contributed by atoms with Crippen molar-refractivity contribution in [2.45, 2.75) is 38.1 Å². The van der Waals surface area contributed by atoms with Crippen LogP contribution in [0, 0.1) is 0 Å². The molecule has 168 valence electrons. The topological polar surface area (TPSA) is 58.7 Å². The van der Waals surface area contributed by atoms with Crippen molar-refractivity contribution < 1.29 is 9.21 Å². The molecule has 2 aromatic heterocycles. The van der Waals surface area contributed by atoms with E-state index in [0.29, 0.717) is 37.3 Å². The van der Waals surface area contributed by atoms with E-state index in [4.69, 9.17) is 32.6 Å². The van der Waals surface area contributed by atoms with Gasteiger partial charge in [-0.3, -0.25) is 14.7 Å². The third-order valence-electron chi connectivity index (χ3n) is 5.75. The van der Waals surface area contributed by atoms with Gasteiger partial charge >= 0.3 is 0 Å². The lowest BCUT2D eigenvalue weighted by molar-refractivity contribution is -0.124. The number of pyridine rings is 1. The van der Waals surface area contributed by atoms with Gasteiger partial charge in [0.05, 0.1) is 15.6 Å². The summed E-state index contributed by atoms with van der Waals surface area (Å²) < 4.78 is 6.00. The highest BCUT2D eigenvalue weighted by Gasteiger charge is 2.39. The van der Waals surface area contributed by atoms with Crippen molar-refractivity contribution in [1.82, 2.24) is 9.88 Å². The lowest BCUT2D eigenvalue weighted by Crippen LogP contribution is -2.40. The predicted octanol–water partition coefficient (Wildman–Crippen LogP) is 7.59. The van der Waals surface area contributed by atoms with E-state index >= 15 is 0 Å². The molecule has 8 heteroatoms. The molecule has 5 rings (SSSR count). The van der Waals surface area contributed by atoms with Crippen LogP contribution in [0.5, 0.6) is 0 Å². The number of hydrogen-bond donors (Lipinski definition) is 0. The van der Waals surface area contributed by atoms with Crippen molar-refractivity contribution in [2.24, 2.45) is 4.99 Å². The first-order valence-electron chi connectivity index (χ1n) is 10.9. The number of hydrogen-bond acceptors (Lipinski definition) is 5. The van der Waals surface area contributed by atoms with Crippen molar-refractivity contribution in [3.05, 3.63) is 75.6 Å². The van der Waals surface area contributed by atoms with Crippen LogP contribution in [0.3, 0.4) is 0 Å². The van der Waals surface area contributed by atoms with Crippen molar-refractivity contribution in [2.75, 3.05) is 0 Å². The molecule has 2 fully saturated rings. The highest BCUT2D eigenvalue weighted by Crippen LogP contribution is 2.39. The number of carbonyl (C=O) groups is 1. The largest absolute Gasteiger partial charge is 0.457 e. The first-order chi connectivity index (χ1) is 16.1. The Morgan fingerprint density at radius 3 is 2.76 bits per heavy atom. The molecule has 0 spiro atoms. The number of rotatable bonds is 4. The van der Waals surface area contributed by atoms with E-state index in [1.807, 2.05) is 41.3 Å². The third-order valence-corrected chi connectivity index (χ3v) is 7.26. The van der Waals surface area contributed by atoms with Crippen molar-refractivity contribution >= 4 is 57.8 Å². The fourth-order valence-corrected chi connectivity index (χ4v) is 5.53. The van der Waals surface area contributed by atoms with Gasteiger partial charge in [-0.2, -0.15) is 0 Å². The number of amidine groups is 1. The molecule has 1 saturated heterocycles. The van der Waals surface area contributed by atoms with Crippen LogP contribution in [0.2, 0.25) is 10.0 Å². The number of benzene rings is 1. The Bertz CT molecular complexity index is 1250. The summed E-state index contributed by atoms with van der Waals surface area (Å²) in [6, 6.07) is 13.1. The molecular formula is C25H21Cl2N3O2S. The second-order valence-corrected chi connectivity index (χ2v) is 9.86. The molecule has 0 unspecified atom stereocenters. The summed E-state index contributed by atoms with van der Waals surface area (Å²) in [4.78, 5) is 24.7. The maximum atomic E-state index is 13.5. The van der Waals surface area contributed by atoms with Gasteiger partial charge in [0.2, 0.25) is 0 Å². The smallest absolute Gasteiger partial charge is 0.267 e. The van der Waals surface area contributed by atoms with Crippen LogP contribution in [0.25, 0.3) is 17.4 Å². The molecule has 33 heavy (non-hydrogen) atoms. The van der Waals surface area contributed by atoms with Gasteiger partial charge in [0.1, 0.15) is 11.5 Å². The van der Waals surface area contributed by atoms with E-state index in [9.17, 15) is 4.79 Å². The Labute approximate surface area is 206 Å². The minimum atomic E-state index is -0.0449. The average Bonchev–Trinajstić information content (AvgIpc) is 3.41. The molecule has 5 nitrogen and oxygen atoms in total. The summed E-state index contributed by atoms with van der Waals surface area (Å²) in [5, 5.41) is 1.74. The number of aliphatic imine (C=N–C) groups is 1. The van der Waals surface area contributed by atoms with Gasteiger partial charge in [-0.05, 0) is 54.9 Å². The minimum Gasteiger partial charge on any atom is -0.457 e. The average molecular weight is 498 g/mol. The van der Waals surface area contributed by atoms with Gasteiger partial charge in [0, 0.05) is 35.1 Å². The van der Waals surface area contributed by atoms with Gasteiger partial charge in [-0.15, -0.1) is 0 Å². The highest BCUT2D eigenvalue weighted by molar-refractivity contribution is 8.18. The maximum absolute atomic E-state index is 13.5. The van der Waals surface area contributed by atoms with Crippen LogP contribution in [0.1, 0.15) is 37.9 Å². The van der Waals surface area contributed by atoms with Gasteiger partial charge in [0.25, 0.3) is 5.91 Å². The SMILES string of the molecule is O=C1/C(=C\c2ccc(-c3cccc(Cl)c3)o2)SC(=Nc2ccncc2Cl)N1C1CCCCC1. The van der Waals surface area contributed by atoms with E-state index < -0.39 is 0 Å². The molecule has 0 N–H and O–H groups in total. The van der Waals surface area contributed by atoms with Gasteiger partial charge < -0.3 is 4.42 Å². The van der Waals surface area contributed by atoms with E-state index in [1.165, 1.54) is 18.2 Å². The van der Waals surface area contributed by atoms with Gasteiger partial charge in [-0.1, -0.05) is 54.6 Å².